The minimum atomic E-state index is -0.962. The lowest BCUT2D eigenvalue weighted by Gasteiger charge is -2.03. The van der Waals surface area contributed by atoms with E-state index in [4.69, 9.17) is 5.11 Å². The molecule has 0 aliphatic carbocycles. The summed E-state index contributed by atoms with van der Waals surface area (Å²) in [6.45, 7) is 1.77. The molecule has 0 saturated heterocycles. The molecule has 5 nitrogen and oxygen atoms in total. The number of aromatic carboxylic acids is 1. The van der Waals surface area contributed by atoms with Crippen molar-refractivity contribution in [2.75, 3.05) is 0 Å². The van der Waals surface area contributed by atoms with Gasteiger partial charge in [0.1, 0.15) is 5.82 Å². The summed E-state index contributed by atoms with van der Waals surface area (Å²) in [5, 5.41) is 13.2. The standard InChI is InChI=1S/C11H11N3O2/c1-7-12-10(14(2)13-7)8-5-3-4-6-9(8)11(15)16/h3-6H,1-2H3,(H,15,16). The average Bonchev–Trinajstić information content (AvgIpc) is 2.57. The first kappa shape index (κ1) is 10.4. The lowest BCUT2D eigenvalue weighted by atomic mass is 10.1. The predicted molar refractivity (Wildman–Crippen MR) is 58.1 cm³/mol. The monoisotopic (exact) mass is 217 g/mol. The fourth-order valence-corrected chi connectivity index (χ4v) is 1.61. The predicted octanol–water partition coefficient (Wildman–Crippen LogP) is 1.49. The fraction of sp³-hybridized carbons (Fsp3) is 0.182. The molecule has 2 aromatic rings. The van der Waals surface area contributed by atoms with Crippen LogP contribution in [0, 0.1) is 6.92 Å². The summed E-state index contributed by atoms with van der Waals surface area (Å²) in [4.78, 5) is 15.3. The molecule has 0 amide bonds. The Morgan fingerprint density at radius 2 is 2.06 bits per heavy atom. The number of aryl methyl sites for hydroxylation is 2. The normalized spacial score (nSPS) is 10.4. The largest absolute Gasteiger partial charge is 0.478 e. The summed E-state index contributed by atoms with van der Waals surface area (Å²) in [6.07, 6.45) is 0. The van der Waals surface area contributed by atoms with Crippen molar-refractivity contribution in [3.63, 3.8) is 0 Å². The van der Waals surface area contributed by atoms with Gasteiger partial charge in [0.25, 0.3) is 0 Å². The number of benzene rings is 1. The lowest BCUT2D eigenvalue weighted by Crippen LogP contribution is -2.02. The highest BCUT2D eigenvalue weighted by Gasteiger charge is 2.15. The summed E-state index contributed by atoms with van der Waals surface area (Å²) >= 11 is 0. The topological polar surface area (TPSA) is 68.0 Å². The Morgan fingerprint density at radius 1 is 1.38 bits per heavy atom. The molecule has 0 radical (unpaired) electrons. The Bertz CT molecular complexity index is 546. The molecule has 0 spiro atoms. The minimum absolute atomic E-state index is 0.234. The second kappa shape index (κ2) is 3.77. The number of nitrogens with zero attached hydrogens (tertiary/aromatic N) is 3. The van der Waals surface area contributed by atoms with Crippen LogP contribution in [0.2, 0.25) is 0 Å². The SMILES string of the molecule is Cc1nc(-c2ccccc2C(=O)O)n(C)n1. The first-order valence-corrected chi connectivity index (χ1v) is 4.80. The van der Waals surface area contributed by atoms with Gasteiger partial charge in [-0.05, 0) is 13.0 Å². The van der Waals surface area contributed by atoms with Crippen molar-refractivity contribution < 1.29 is 9.90 Å². The summed E-state index contributed by atoms with van der Waals surface area (Å²) in [6, 6.07) is 6.76. The molecule has 0 atom stereocenters. The smallest absolute Gasteiger partial charge is 0.336 e. The van der Waals surface area contributed by atoms with Gasteiger partial charge >= 0.3 is 5.97 Å². The van der Waals surface area contributed by atoms with E-state index < -0.39 is 5.97 Å². The Labute approximate surface area is 92.4 Å². The molecule has 2 rings (SSSR count). The van der Waals surface area contributed by atoms with E-state index in [1.54, 1.807) is 42.9 Å². The van der Waals surface area contributed by atoms with Gasteiger partial charge in [-0.15, -0.1) is 0 Å². The van der Waals surface area contributed by atoms with Crippen molar-refractivity contribution in [3.05, 3.63) is 35.7 Å². The minimum Gasteiger partial charge on any atom is -0.478 e. The van der Waals surface area contributed by atoms with Crippen LogP contribution in [-0.2, 0) is 7.05 Å². The zero-order chi connectivity index (χ0) is 11.7. The Balaban J connectivity index is 2.64. The van der Waals surface area contributed by atoms with Crippen molar-refractivity contribution in [3.8, 4) is 11.4 Å². The molecule has 1 heterocycles. The Hall–Kier alpha value is -2.17. The third-order valence-electron chi connectivity index (χ3n) is 2.27. The van der Waals surface area contributed by atoms with Gasteiger partial charge in [0.15, 0.2) is 5.82 Å². The lowest BCUT2D eigenvalue weighted by molar-refractivity contribution is 0.0697. The Morgan fingerprint density at radius 3 is 2.62 bits per heavy atom. The summed E-state index contributed by atoms with van der Waals surface area (Å²) in [5.41, 5.74) is 0.816. The van der Waals surface area contributed by atoms with Crippen LogP contribution in [-0.4, -0.2) is 25.8 Å². The van der Waals surface area contributed by atoms with E-state index >= 15 is 0 Å². The van der Waals surface area contributed by atoms with Gasteiger partial charge < -0.3 is 5.11 Å². The molecule has 82 valence electrons. The van der Waals surface area contributed by atoms with Crippen LogP contribution < -0.4 is 0 Å². The van der Waals surface area contributed by atoms with Crippen LogP contribution in [0.3, 0.4) is 0 Å². The molecule has 0 bridgehead atoms. The van der Waals surface area contributed by atoms with Crippen molar-refractivity contribution >= 4 is 5.97 Å². The molecule has 0 saturated carbocycles. The second-order valence-electron chi connectivity index (χ2n) is 3.46. The molecule has 16 heavy (non-hydrogen) atoms. The maximum Gasteiger partial charge on any atom is 0.336 e. The molecular weight excluding hydrogens is 206 g/mol. The summed E-state index contributed by atoms with van der Waals surface area (Å²) < 4.78 is 1.58. The first-order valence-electron chi connectivity index (χ1n) is 4.80. The van der Waals surface area contributed by atoms with Crippen molar-refractivity contribution in [1.29, 1.82) is 0 Å². The van der Waals surface area contributed by atoms with Gasteiger partial charge in [-0.25, -0.2) is 14.5 Å². The first-order chi connectivity index (χ1) is 7.59. The number of carbonyl (C=O) groups is 1. The maximum absolute atomic E-state index is 11.1. The number of hydrogen-bond donors (Lipinski definition) is 1. The van der Waals surface area contributed by atoms with Crippen LogP contribution >= 0.6 is 0 Å². The van der Waals surface area contributed by atoms with E-state index in [-0.39, 0.29) is 5.56 Å². The van der Waals surface area contributed by atoms with Gasteiger partial charge in [0, 0.05) is 12.6 Å². The second-order valence-corrected chi connectivity index (χ2v) is 3.46. The van der Waals surface area contributed by atoms with Crippen molar-refractivity contribution in [1.82, 2.24) is 14.8 Å². The third-order valence-corrected chi connectivity index (χ3v) is 2.27. The van der Waals surface area contributed by atoms with Crippen LogP contribution in [0.5, 0.6) is 0 Å². The molecule has 0 fully saturated rings. The van der Waals surface area contributed by atoms with Gasteiger partial charge in [-0.1, -0.05) is 18.2 Å². The number of carboxylic acids is 1. The van der Waals surface area contributed by atoms with Gasteiger partial charge in [0.05, 0.1) is 5.56 Å². The van der Waals surface area contributed by atoms with Gasteiger partial charge in [-0.3, -0.25) is 0 Å². The number of aromatic nitrogens is 3. The van der Waals surface area contributed by atoms with E-state index in [0.717, 1.165) is 0 Å². The van der Waals surface area contributed by atoms with Crippen LogP contribution in [0.25, 0.3) is 11.4 Å². The molecule has 0 aliphatic rings. The zero-order valence-corrected chi connectivity index (χ0v) is 9.01. The molecule has 1 N–H and O–H groups in total. The highest BCUT2D eigenvalue weighted by atomic mass is 16.4. The molecule has 0 unspecified atom stereocenters. The zero-order valence-electron chi connectivity index (χ0n) is 9.01. The van der Waals surface area contributed by atoms with Gasteiger partial charge in [0.2, 0.25) is 0 Å². The molecule has 1 aromatic carbocycles. The molecule has 5 heteroatoms. The number of carboxylic acid groups (broad SMARTS) is 1. The molecule has 0 aliphatic heterocycles. The third kappa shape index (κ3) is 1.67. The van der Waals surface area contributed by atoms with E-state index in [1.165, 1.54) is 0 Å². The van der Waals surface area contributed by atoms with Crippen LogP contribution in [0.1, 0.15) is 16.2 Å². The van der Waals surface area contributed by atoms with E-state index in [0.29, 0.717) is 17.2 Å². The maximum atomic E-state index is 11.1. The Kier molecular flexibility index (Phi) is 2.44. The average molecular weight is 217 g/mol. The molecular formula is C11H11N3O2. The summed E-state index contributed by atoms with van der Waals surface area (Å²) in [7, 11) is 1.74. The van der Waals surface area contributed by atoms with Gasteiger partial charge in [-0.2, -0.15) is 5.10 Å². The highest BCUT2D eigenvalue weighted by molar-refractivity contribution is 5.94. The van der Waals surface area contributed by atoms with Crippen LogP contribution in [0.4, 0.5) is 0 Å². The number of rotatable bonds is 2. The highest BCUT2D eigenvalue weighted by Crippen LogP contribution is 2.21. The van der Waals surface area contributed by atoms with E-state index in [1.807, 2.05) is 0 Å². The van der Waals surface area contributed by atoms with E-state index in [9.17, 15) is 4.79 Å². The fourth-order valence-electron chi connectivity index (χ4n) is 1.61. The summed E-state index contributed by atoms with van der Waals surface area (Å²) in [5.74, 6) is 0.226. The van der Waals surface area contributed by atoms with Crippen molar-refractivity contribution in [2.24, 2.45) is 7.05 Å². The van der Waals surface area contributed by atoms with Crippen molar-refractivity contribution in [2.45, 2.75) is 6.92 Å². The number of hydrogen-bond acceptors (Lipinski definition) is 3. The van der Waals surface area contributed by atoms with E-state index in [2.05, 4.69) is 10.1 Å². The quantitative estimate of drug-likeness (QED) is 0.827. The van der Waals surface area contributed by atoms with Crippen LogP contribution in [0.15, 0.2) is 24.3 Å². The molecule has 1 aromatic heterocycles.